The van der Waals surface area contributed by atoms with Gasteiger partial charge in [0, 0.05) is 5.02 Å². The molecule has 1 nitrogen and oxygen atoms in total. The van der Waals surface area contributed by atoms with Gasteiger partial charge in [0.1, 0.15) is 5.82 Å². The van der Waals surface area contributed by atoms with Crippen LogP contribution in [0.3, 0.4) is 0 Å². The van der Waals surface area contributed by atoms with Crippen LogP contribution in [0.2, 0.25) is 5.02 Å². The molecule has 88 valence electrons. The highest BCUT2D eigenvalue weighted by Gasteiger charge is 2.13. The Balaban J connectivity index is 1.90. The van der Waals surface area contributed by atoms with Gasteiger partial charge in [-0.25, -0.2) is 4.39 Å². The zero-order chi connectivity index (χ0) is 11.4. The second-order valence-corrected chi connectivity index (χ2v) is 4.89. The normalized spacial score (nSPS) is 21.0. The summed E-state index contributed by atoms with van der Waals surface area (Å²) in [5.74, 6) is 0.522. The molecule has 1 N–H and O–H groups in total. The van der Waals surface area contributed by atoms with Crippen molar-refractivity contribution in [3.05, 3.63) is 34.6 Å². The molecule has 1 aliphatic rings. The van der Waals surface area contributed by atoms with E-state index in [2.05, 4.69) is 5.32 Å². The molecule has 0 aromatic heterocycles. The van der Waals surface area contributed by atoms with Gasteiger partial charge in [-0.15, -0.1) is 0 Å². The van der Waals surface area contributed by atoms with E-state index in [4.69, 9.17) is 11.6 Å². The summed E-state index contributed by atoms with van der Waals surface area (Å²) in [5.41, 5.74) is 0.937. The predicted octanol–water partition coefficient (Wildman–Crippen LogP) is 3.41. The first-order chi connectivity index (χ1) is 7.75. The van der Waals surface area contributed by atoms with E-state index in [1.54, 1.807) is 12.1 Å². The van der Waals surface area contributed by atoms with E-state index < -0.39 is 0 Å². The van der Waals surface area contributed by atoms with Crippen molar-refractivity contribution in [3.8, 4) is 0 Å². The standard InChI is InChI=1S/C13H17ClFN/c14-13-6-5-12(15)8-11(13)4-3-10-2-1-7-16-9-10/h5-6,8,10,16H,1-4,7,9H2. The Hall–Kier alpha value is -0.600. The van der Waals surface area contributed by atoms with Crippen LogP contribution in [-0.2, 0) is 6.42 Å². The van der Waals surface area contributed by atoms with E-state index >= 15 is 0 Å². The fraction of sp³-hybridized carbons (Fsp3) is 0.538. The molecule has 0 saturated carbocycles. The van der Waals surface area contributed by atoms with Crippen LogP contribution in [0.5, 0.6) is 0 Å². The fourth-order valence-corrected chi connectivity index (χ4v) is 2.48. The van der Waals surface area contributed by atoms with Crippen LogP contribution in [0, 0.1) is 11.7 Å². The lowest BCUT2D eigenvalue weighted by atomic mass is 9.93. The Labute approximate surface area is 101 Å². The first-order valence-electron chi connectivity index (χ1n) is 5.90. The smallest absolute Gasteiger partial charge is 0.123 e. The molecule has 0 aliphatic carbocycles. The molecule has 1 aliphatic heterocycles. The first-order valence-corrected chi connectivity index (χ1v) is 6.28. The number of aryl methyl sites for hydroxylation is 1. The summed E-state index contributed by atoms with van der Waals surface area (Å²) < 4.78 is 13.0. The molecule has 0 bridgehead atoms. The average molecular weight is 242 g/mol. The molecule has 2 rings (SSSR count). The molecule has 1 unspecified atom stereocenters. The molecule has 0 spiro atoms. The maximum absolute atomic E-state index is 13.0. The van der Waals surface area contributed by atoms with Crippen molar-refractivity contribution in [2.75, 3.05) is 13.1 Å². The molecule has 3 heteroatoms. The maximum Gasteiger partial charge on any atom is 0.123 e. The molecule has 0 amide bonds. The summed E-state index contributed by atoms with van der Waals surface area (Å²) in [6, 6.07) is 4.61. The van der Waals surface area contributed by atoms with Gasteiger partial charge in [-0.3, -0.25) is 0 Å². The second kappa shape index (κ2) is 5.65. The quantitative estimate of drug-likeness (QED) is 0.855. The average Bonchev–Trinajstić information content (AvgIpc) is 2.32. The largest absolute Gasteiger partial charge is 0.316 e. The minimum absolute atomic E-state index is 0.193. The van der Waals surface area contributed by atoms with E-state index in [1.165, 1.54) is 18.9 Å². The molecule has 1 aromatic rings. The number of nitrogens with one attached hydrogen (secondary N) is 1. The molecule has 1 fully saturated rings. The molecule has 1 atom stereocenters. The molecule has 1 heterocycles. The van der Waals surface area contributed by atoms with E-state index in [0.717, 1.165) is 31.5 Å². The third kappa shape index (κ3) is 3.19. The number of piperidine rings is 1. The van der Waals surface area contributed by atoms with Crippen LogP contribution in [-0.4, -0.2) is 13.1 Å². The van der Waals surface area contributed by atoms with Crippen LogP contribution >= 0.6 is 11.6 Å². The minimum atomic E-state index is -0.193. The van der Waals surface area contributed by atoms with Crippen LogP contribution in [0.4, 0.5) is 4.39 Å². The number of benzene rings is 1. The summed E-state index contributed by atoms with van der Waals surface area (Å²) in [5, 5.41) is 4.08. The Kier molecular flexibility index (Phi) is 4.19. The molecular formula is C13H17ClFN. The number of rotatable bonds is 3. The van der Waals surface area contributed by atoms with Gasteiger partial charge in [0.05, 0.1) is 0 Å². The molecule has 16 heavy (non-hydrogen) atoms. The molecular weight excluding hydrogens is 225 g/mol. The van der Waals surface area contributed by atoms with Gasteiger partial charge in [0.15, 0.2) is 0 Å². The zero-order valence-electron chi connectivity index (χ0n) is 9.31. The highest BCUT2D eigenvalue weighted by atomic mass is 35.5. The molecule has 1 aromatic carbocycles. The van der Waals surface area contributed by atoms with Crippen molar-refractivity contribution in [1.82, 2.24) is 5.32 Å². The van der Waals surface area contributed by atoms with Gasteiger partial charge in [-0.2, -0.15) is 0 Å². The maximum atomic E-state index is 13.0. The van der Waals surface area contributed by atoms with Crippen molar-refractivity contribution < 1.29 is 4.39 Å². The molecule has 1 saturated heterocycles. The van der Waals surface area contributed by atoms with Crippen molar-refractivity contribution in [3.63, 3.8) is 0 Å². The van der Waals surface area contributed by atoms with Gasteiger partial charge in [0.2, 0.25) is 0 Å². The van der Waals surface area contributed by atoms with Crippen molar-refractivity contribution in [1.29, 1.82) is 0 Å². The van der Waals surface area contributed by atoms with Gasteiger partial charge < -0.3 is 5.32 Å². The summed E-state index contributed by atoms with van der Waals surface area (Å²) in [7, 11) is 0. The van der Waals surface area contributed by atoms with E-state index in [-0.39, 0.29) is 5.82 Å². The van der Waals surface area contributed by atoms with Gasteiger partial charge in [-0.05, 0) is 68.5 Å². The second-order valence-electron chi connectivity index (χ2n) is 4.49. The van der Waals surface area contributed by atoms with Gasteiger partial charge in [0.25, 0.3) is 0 Å². The van der Waals surface area contributed by atoms with Crippen LogP contribution in [0.25, 0.3) is 0 Å². The van der Waals surface area contributed by atoms with Crippen LogP contribution in [0.1, 0.15) is 24.8 Å². The van der Waals surface area contributed by atoms with E-state index in [9.17, 15) is 4.39 Å². The van der Waals surface area contributed by atoms with Crippen molar-refractivity contribution >= 4 is 11.6 Å². The lowest BCUT2D eigenvalue weighted by Gasteiger charge is -2.22. The molecule has 0 radical (unpaired) electrons. The summed E-state index contributed by atoms with van der Waals surface area (Å²) in [6.07, 6.45) is 4.50. The van der Waals surface area contributed by atoms with Gasteiger partial charge >= 0.3 is 0 Å². The van der Waals surface area contributed by atoms with Gasteiger partial charge in [-0.1, -0.05) is 11.6 Å². The minimum Gasteiger partial charge on any atom is -0.316 e. The highest BCUT2D eigenvalue weighted by Crippen LogP contribution is 2.22. The SMILES string of the molecule is Fc1ccc(Cl)c(CCC2CCCNC2)c1. The lowest BCUT2D eigenvalue weighted by Crippen LogP contribution is -2.29. The van der Waals surface area contributed by atoms with Crippen LogP contribution in [0.15, 0.2) is 18.2 Å². The topological polar surface area (TPSA) is 12.0 Å². The van der Waals surface area contributed by atoms with Crippen molar-refractivity contribution in [2.45, 2.75) is 25.7 Å². The summed E-state index contributed by atoms with van der Waals surface area (Å²) >= 11 is 6.03. The first kappa shape index (κ1) is 11.9. The third-order valence-corrected chi connectivity index (χ3v) is 3.60. The van der Waals surface area contributed by atoms with E-state index in [0.29, 0.717) is 10.9 Å². The summed E-state index contributed by atoms with van der Waals surface area (Å²) in [6.45, 7) is 2.23. The number of hydrogen-bond acceptors (Lipinski definition) is 1. The monoisotopic (exact) mass is 241 g/mol. The van der Waals surface area contributed by atoms with E-state index in [1.807, 2.05) is 0 Å². The fourth-order valence-electron chi connectivity index (χ4n) is 2.26. The number of halogens is 2. The Morgan fingerprint density at radius 3 is 3.06 bits per heavy atom. The third-order valence-electron chi connectivity index (χ3n) is 3.23. The van der Waals surface area contributed by atoms with Crippen molar-refractivity contribution in [2.24, 2.45) is 5.92 Å². The van der Waals surface area contributed by atoms with Crippen LogP contribution < -0.4 is 5.32 Å². The highest BCUT2D eigenvalue weighted by molar-refractivity contribution is 6.31. The zero-order valence-corrected chi connectivity index (χ0v) is 10.1. The Bertz CT molecular complexity index is 348. The summed E-state index contributed by atoms with van der Waals surface area (Å²) in [4.78, 5) is 0. The Morgan fingerprint density at radius 2 is 2.31 bits per heavy atom. The lowest BCUT2D eigenvalue weighted by molar-refractivity contribution is 0.358. The Morgan fingerprint density at radius 1 is 1.44 bits per heavy atom. The number of hydrogen-bond donors (Lipinski definition) is 1. The predicted molar refractivity (Wildman–Crippen MR) is 65.3 cm³/mol.